The maximum atomic E-state index is 13.1. The number of hydrogen-bond acceptors (Lipinski definition) is 3. The number of para-hydroxylation sites is 1. The SMILES string of the molecule is CCC(C(=O)Nc1c(C)cccc1C)N(c1cc(Cl)ccc1C)S(C)(=O)=O. The lowest BCUT2D eigenvalue weighted by Crippen LogP contribution is -2.47. The Bertz CT molecular complexity index is 937. The van der Waals surface area contributed by atoms with Crippen molar-refractivity contribution < 1.29 is 13.2 Å². The number of rotatable bonds is 6. The lowest BCUT2D eigenvalue weighted by molar-refractivity contribution is -0.117. The van der Waals surface area contributed by atoms with Crippen LogP contribution in [0.4, 0.5) is 11.4 Å². The van der Waals surface area contributed by atoms with Gasteiger partial charge in [0.1, 0.15) is 6.04 Å². The first-order valence-electron chi connectivity index (χ1n) is 8.69. The third-order valence-corrected chi connectivity index (χ3v) is 5.87. The molecule has 2 aromatic carbocycles. The molecule has 1 N–H and O–H groups in total. The third-order valence-electron chi connectivity index (χ3n) is 4.47. The number of benzene rings is 2. The zero-order chi connectivity index (χ0) is 20.4. The highest BCUT2D eigenvalue weighted by atomic mass is 35.5. The minimum atomic E-state index is -3.71. The summed E-state index contributed by atoms with van der Waals surface area (Å²) in [7, 11) is -3.71. The largest absolute Gasteiger partial charge is 0.324 e. The number of nitrogens with one attached hydrogen (secondary N) is 1. The summed E-state index contributed by atoms with van der Waals surface area (Å²) >= 11 is 6.09. The molecule has 146 valence electrons. The van der Waals surface area contributed by atoms with Crippen molar-refractivity contribution in [3.8, 4) is 0 Å². The highest BCUT2D eigenvalue weighted by molar-refractivity contribution is 7.92. The highest BCUT2D eigenvalue weighted by Crippen LogP contribution is 2.30. The van der Waals surface area contributed by atoms with Crippen LogP contribution in [-0.2, 0) is 14.8 Å². The van der Waals surface area contributed by atoms with Gasteiger partial charge < -0.3 is 5.32 Å². The molecule has 0 saturated carbocycles. The molecule has 0 aliphatic carbocycles. The van der Waals surface area contributed by atoms with Crippen LogP contribution in [0.15, 0.2) is 36.4 Å². The van der Waals surface area contributed by atoms with Crippen molar-refractivity contribution in [1.82, 2.24) is 0 Å². The van der Waals surface area contributed by atoms with Crippen molar-refractivity contribution in [3.63, 3.8) is 0 Å². The monoisotopic (exact) mass is 408 g/mol. The molecule has 0 spiro atoms. The first-order chi connectivity index (χ1) is 12.6. The predicted octanol–water partition coefficient (Wildman–Crippen LogP) is 4.45. The molecule has 5 nitrogen and oxygen atoms in total. The van der Waals surface area contributed by atoms with E-state index in [4.69, 9.17) is 11.6 Å². The lowest BCUT2D eigenvalue weighted by atomic mass is 10.1. The molecule has 0 bridgehead atoms. The Hall–Kier alpha value is -2.05. The molecule has 2 rings (SSSR count). The van der Waals surface area contributed by atoms with Gasteiger partial charge in [0.25, 0.3) is 0 Å². The smallest absolute Gasteiger partial charge is 0.248 e. The number of nitrogens with zero attached hydrogens (tertiary/aromatic N) is 1. The van der Waals surface area contributed by atoms with Crippen LogP contribution < -0.4 is 9.62 Å². The summed E-state index contributed by atoms with van der Waals surface area (Å²) in [5.74, 6) is -0.375. The number of hydrogen-bond donors (Lipinski definition) is 1. The summed E-state index contributed by atoms with van der Waals surface area (Å²) < 4.78 is 26.3. The van der Waals surface area contributed by atoms with Gasteiger partial charge in [-0.25, -0.2) is 8.42 Å². The third kappa shape index (κ3) is 4.82. The molecule has 1 unspecified atom stereocenters. The molecule has 0 aliphatic rings. The summed E-state index contributed by atoms with van der Waals surface area (Å²) in [6, 6.07) is 9.83. The van der Waals surface area contributed by atoms with Crippen molar-refractivity contribution in [3.05, 3.63) is 58.1 Å². The van der Waals surface area contributed by atoms with E-state index in [0.717, 1.165) is 27.3 Å². The van der Waals surface area contributed by atoms with Crippen LogP contribution in [0.25, 0.3) is 0 Å². The van der Waals surface area contributed by atoms with Gasteiger partial charge in [0, 0.05) is 10.7 Å². The van der Waals surface area contributed by atoms with Crippen LogP contribution in [0, 0.1) is 20.8 Å². The summed E-state index contributed by atoms with van der Waals surface area (Å²) in [4.78, 5) is 13.1. The Morgan fingerprint density at radius 2 is 1.70 bits per heavy atom. The molecule has 0 saturated heterocycles. The van der Waals surface area contributed by atoms with Gasteiger partial charge in [-0.1, -0.05) is 42.8 Å². The van der Waals surface area contributed by atoms with Crippen LogP contribution in [0.3, 0.4) is 0 Å². The van der Waals surface area contributed by atoms with Crippen molar-refractivity contribution in [2.75, 3.05) is 15.9 Å². The van der Waals surface area contributed by atoms with Crippen molar-refractivity contribution >= 4 is 38.9 Å². The van der Waals surface area contributed by atoms with E-state index in [0.29, 0.717) is 22.8 Å². The van der Waals surface area contributed by atoms with Gasteiger partial charge in [-0.3, -0.25) is 9.10 Å². The normalized spacial score (nSPS) is 12.5. The Balaban J connectivity index is 2.50. The molecule has 0 fully saturated rings. The van der Waals surface area contributed by atoms with Crippen molar-refractivity contribution in [1.29, 1.82) is 0 Å². The van der Waals surface area contributed by atoms with Gasteiger partial charge in [-0.15, -0.1) is 0 Å². The fourth-order valence-corrected chi connectivity index (χ4v) is 4.50. The molecule has 0 heterocycles. The molecule has 0 aliphatic heterocycles. The summed E-state index contributed by atoms with van der Waals surface area (Å²) in [5.41, 5.74) is 3.68. The van der Waals surface area contributed by atoms with Crippen molar-refractivity contribution in [2.45, 2.75) is 40.2 Å². The number of anilines is 2. The minimum Gasteiger partial charge on any atom is -0.324 e. The highest BCUT2D eigenvalue weighted by Gasteiger charge is 2.32. The van der Waals surface area contributed by atoms with Crippen LogP contribution >= 0.6 is 11.6 Å². The standard InChI is InChI=1S/C20H25ClN2O3S/c1-6-17(20(24)22-19-14(3)8-7-9-15(19)4)23(27(5,25)26)18-12-16(21)11-10-13(18)2/h7-12,17H,6H2,1-5H3,(H,22,24). The second-order valence-electron chi connectivity index (χ2n) is 6.67. The van der Waals surface area contributed by atoms with E-state index in [1.54, 1.807) is 32.0 Å². The molecule has 1 amide bonds. The van der Waals surface area contributed by atoms with Crippen LogP contribution in [-0.4, -0.2) is 26.6 Å². The van der Waals surface area contributed by atoms with Gasteiger partial charge in [-0.05, 0) is 56.0 Å². The molecular weight excluding hydrogens is 384 g/mol. The van der Waals surface area contributed by atoms with E-state index < -0.39 is 16.1 Å². The topological polar surface area (TPSA) is 66.5 Å². The van der Waals surface area contributed by atoms with Crippen LogP contribution in [0.1, 0.15) is 30.0 Å². The van der Waals surface area contributed by atoms with Crippen molar-refractivity contribution in [2.24, 2.45) is 0 Å². The van der Waals surface area contributed by atoms with Gasteiger partial charge >= 0.3 is 0 Å². The lowest BCUT2D eigenvalue weighted by Gasteiger charge is -2.31. The van der Waals surface area contributed by atoms with E-state index in [9.17, 15) is 13.2 Å². The first-order valence-corrected chi connectivity index (χ1v) is 10.9. The summed E-state index contributed by atoms with van der Waals surface area (Å²) in [5, 5.41) is 3.32. The quantitative estimate of drug-likeness (QED) is 0.767. The summed E-state index contributed by atoms with van der Waals surface area (Å²) in [6.07, 6.45) is 1.41. The molecule has 0 radical (unpaired) electrons. The average Bonchev–Trinajstić information content (AvgIpc) is 2.57. The molecule has 1 atom stereocenters. The average molecular weight is 409 g/mol. The fourth-order valence-electron chi connectivity index (χ4n) is 3.07. The molecule has 27 heavy (non-hydrogen) atoms. The van der Waals surface area contributed by atoms with E-state index in [2.05, 4.69) is 5.32 Å². The Kier molecular flexibility index (Phi) is 6.54. The fraction of sp³-hybridized carbons (Fsp3) is 0.350. The van der Waals surface area contributed by atoms with Crippen LogP contribution in [0.5, 0.6) is 0 Å². The van der Waals surface area contributed by atoms with E-state index in [-0.39, 0.29) is 5.91 Å². The second-order valence-corrected chi connectivity index (χ2v) is 8.97. The summed E-state index contributed by atoms with van der Waals surface area (Å²) in [6.45, 7) is 7.38. The maximum Gasteiger partial charge on any atom is 0.248 e. The Morgan fingerprint density at radius 1 is 1.11 bits per heavy atom. The zero-order valence-electron chi connectivity index (χ0n) is 16.2. The molecule has 0 aromatic heterocycles. The maximum absolute atomic E-state index is 13.1. The number of halogens is 1. The number of amides is 1. The van der Waals surface area contributed by atoms with Gasteiger partial charge in [0.2, 0.25) is 15.9 Å². The number of carbonyl (C=O) groups is 1. The van der Waals surface area contributed by atoms with Crippen LogP contribution in [0.2, 0.25) is 5.02 Å². The van der Waals surface area contributed by atoms with Gasteiger partial charge in [0.15, 0.2) is 0 Å². The van der Waals surface area contributed by atoms with Gasteiger partial charge in [-0.2, -0.15) is 0 Å². The number of aryl methyl sites for hydroxylation is 3. The van der Waals surface area contributed by atoms with E-state index in [1.807, 2.05) is 32.0 Å². The first kappa shape index (κ1) is 21.3. The second kappa shape index (κ2) is 8.31. The van der Waals surface area contributed by atoms with Gasteiger partial charge in [0.05, 0.1) is 11.9 Å². The Morgan fingerprint density at radius 3 is 2.22 bits per heavy atom. The molecule has 2 aromatic rings. The molecular formula is C20H25ClN2O3S. The predicted molar refractivity (Wildman–Crippen MR) is 112 cm³/mol. The molecule has 7 heteroatoms. The number of carbonyl (C=O) groups excluding carboxylic acids is 1. The van der Waals surface area contributed by atoms with E-state index >= 15 is 0 Å². The number of sulfonamides is 1. The minimum absolute atomic E-state index is 0.315. The van der Waals surface area contributed by atoms with E-state index in [1.165, 1.54) is 0 Å². The zero-order valence-corrected chi connectivity index (χ0v) is 17.8. The Labute approximate surface area is 166 Å².